The molecule has 2 aliphatic heterocycles. The summed E-state index contributed by atoms with van der Waals surface area (Å²) in [6.07, 6.45) is 3.43. The first-order valence-corrected chi connectivity index (χ1v) is 11.7. The molecule has 3 aromatic rings. The number of nitrogens with one attached hydrogen (secondary N) is 1. The van der Waals surface area contributed by atoms with Gasteiger partial charge in [-0.05, 0) is 62.9 Å². The van der Waals surface area contributed by atoms with Crippen LogP contribution in [-0.4, -0.2) is 41.9 Å². The lowest BCUT2D eigenvalue weighted by Crippen LogP contribution is -2.42. The number of fused-ring (bicyclic) bond motifs is 3. The van der Waals surface area contributed by atoms with Crippen LogP contribution in [-0.2, 0) is 17.6 Å². The highest BCUT2D eigenvalue weighted by molar-refractivity contribution is 5.95. The second-order valence-corrected chi connectivity index (χ2v) is 9.26. The average molecular weight is 433 g/mol. The third kappa shape index (κ3) is 3.56. The predicted molar refractivity (Wildman–Crippen MR) is 127 cm³/mol. The van der Waals surface area contributed by atoms with Gasteiger partial charge in [-0.2, -0.15) is 0 Å². The molecule has 2 aliphatic rings. The molecule has 0 aliphatic carbocycles. The Kier molecular flexibility index (Phi) is 5.64. The van der Waals surface area contributed by atoms with Gasteiger partial charge in [0.15, 0.2) is 0 Å². The highest BCUT2D eigenvalue weighted by Crippen LogP contribution is 2.39. The van der Waals surface area contributed by atoms with Crippen LogP contribution in [0.5, 0.6) is 0 Å². The van der Waals surface area contributed by atoms with E-state index in [-0.39, 0.29) is 12.1 Å². The first-order valence-electron chi connectivity index (χ1n) is 11.7. The van der Waals surface area contributed by atoms with Gasteiger partial charge in [-0.25, -0.2) is 9.78 Å². The number of methoxy groups -OCH3 is 1. The second-order valence-electron chi connectivity index (χ2n) is 9.26. The van der Waals surface area contributed by atoms with Crippen molar-refractivity contribution in [2.75, 3.05) is 25.1 Å². The molecule has 0 unspecified atom stereocenters. The molecule has 1 aromatic heterocycles. The van der Waals surface area contributed by atoms with E-state index in [1.165, 1.54) is 23.8 Å². The molecule has 6 nitrogen and oxygen atoms in total. The number of rotatable bonds is 3. The number of benzene rings is 2. The molecule has 3 atom stereocenters. The van der Waals surface area contributed by atoms with Crippen molar-refractivity contribution >= 4 is 22.8 Å². The third-order valence-corrected chi connectivity index (χ3v) is 7.18. The van der Waals surface area contributed by atoms with Crippen LogP contribution in [0.3, 0.4) is 0 Å². The maximum atomic E-state index is 12.6. The lowest BCUT2D eigenvalue weighted by molar-refractivity contribution is 0.175. The van der Waals surface area contributed by atoms with Gasteiger partial charge in [-0.1, -0.05) is 37.3 Å². The SMILES string of the molecule is COC(=O)N1c2ccc3c(nc(Cc4ccccc4)n3[C@H]3CCNC[C@H]3C)c2CC[C@@H]1C. The monoisotopic (exact) mass is 432 g/mol. The van der Waals surface area contributed by atoms with Crippen LogP contribution in [0.15, 0.2) is 42.5 Å². The molecular formula is C26H32N4O2. The number of anilines is 1. The third-order valence-electron chi connectivity index (χ3n) is 7.18. The number of nitrogens with zero attached hydrogens (tertiary/aromatic N) is 3. The van der Waals surface area contributed by atoms with Crippen molar-refractivity contribution in [2.24, 2.45) is 5.92 Å². The van der Waals surface area contributed by atoms with Gasteiger partial charge in [-0.3, -0.25) is 4.90 Å². The maximum absolute atomic E-state index is 12.6. The fraction of sp³-hybridized carbons (Fsp3) is 0.462. The molecule has 6 heteroatoms. The number of ether oxygens (including phenoxy) is 1. The fourth-order valence-corrected chi connectivity index (χ4v) is 5.48. The van der Waals surface area contributed by atoms with Gasteiger partial charge in [-0.15, -0.1) is 0 Å². The Balaban J connectivity index is 1.68. The van der Waals surface area contributed by atoms with Crippen molar-refractivity contribution < 1.29 is 9.53 Å². The Labute approximate surface area is 189 Å². The second kappa shape index (κ2) is 8.58. The Morgan fingerprint density at radius 1 is 1.16 bits per heavy atom. The van der Waals surface area contributed by atoms with Crippen LogP contribution in [0.2, 0.25) is 0 Å². The number of hydrogen-bond donors (Lipinski definition) is 1. The molecule has 0 saturated carbocycles. The Hall–Kier alpha value is -2.86. The Morgan fingerprint density at radius 3 is 2.72 bits per heavy atom. The van der Waals surface area contributed by atoms with Crippen molar-refractivity contribution in [3.8, 4) is 0 Å². The molecule has 5 rings (SSSR count). The van der Waals surface area contributed by atoms with Crippen molar-refractivity contribution in [1.82, 2.24) is 14.9 Å². The van der Waals surface area contributed by atoms with Crippen molar-refractivity contribution in [3.05, 3.63) is 59.4 Å². The minimum absolute atomic E-state index is 0.114. The molecule has 1 amide bonds. The van der Waals surface area contributed by atoms with E-state index in [1.807, 2.05) is 0 Å². The van der Waals surface area contributed by atoms with Crippen LogP contribution < -0.4 is 10.2 Å². The molecule has 3 heterocycles. The number of carbonyl (C=O) groups excluding carboxylic acids is 1. The zero-order valence-electron chi connectivity index (χ0n) is 19.2. The number of carbonyl (C=O) groups is 1. The fourth-order valence-electron chi connectivity index (χ4n) is 5.48. The minimum Gasteiger partial charge on any atom is -0.452 e. The van der Waals surface area contributed by atoms with Gasteiger partial charge < -0.3 is 14.6 Å². The van der Waals surface area contributed by atoms with Gasteiger partial charge in [0.1, 0.15) is 5.82 Å². The zero-order valence-corrected chi connectivity index (χ0v) is 19.2. The van der Waals surface area contributed by atoms with E-state index in [9.17, 15) is 4.79 Å². The number of hydrogen-bond acceptors (Lipinski definition) is 4. The minimum atomic E-state index is -0.297. The number of amides is 1. The smallest absolute Gasteiger partial charge is 0.414 e. The van der Waals surface area contributed by atoms with Gasteiger partial charge in [0.25, 0.3) is 0 Å². The summed E-state index contributed by atoms with van der Waals surface area (Å²) in [5, 5.41) is 3.53. The Morgan fingerprint density at radius 2 is 1.97 bits per heavy atom. The summed E-state index contributed by atoms with van der Waals surface area (Å²) in [6.45, 7) is 6.46. The van der Waals surface area contributed by atoms with Crippen molar-refractivity contribution in [3.63, 3.8) is 0 Å². The normalized spacial score (nSPS) is 23.2. The molecule has 0 radical (unpaired) electrons. The number of aryl methyl sites for hydroxylation is 1. The van der Waals surface area contributed by atoms with Crippen LogP contribution in [0.25, 0.3) is 11.0 Å². The van der Waals surface area contributed by atoms with E-state index in [0.29, 0.717) is 12.0 Å². The molecule has 0 spiro atoms. The summed E-state index contributed by atoms with van der Waals surface area (Å²) in [6, 6.07) is 15.4. The summed E-state index contributed by atoms with van der Waals surface area (Å²) in [5.41, 5.74) is 5.61. The zero-order chi connectivity index (χ0) is 22.2. The Bertz CT molecular complexity index is 1120. The maximum Gasteiger partial charge on any atom is 0.414 e. The first kappa shape index (κ1) is 21.0. The summed E-state index contributed by atoms with van der Waals surface area (Å²) >= 11 is 0. The summed E-state index contributed by atoms with van der Waals surface area (Å²) < 4.78 is 7.60. The molecule has 32 heavy (non-hydrogen) atoms. The number of piperidine rings is 1. The van der Waals surface area contributed by atoms with E-state index in [4.69, 9.17) is 9.72 Å². The van der Waals surface area contributed by atoms with Gasteiger partial charge in [0.05, 0.1) is 23.8 Å². The van der Waals surface area contributed by atoms with Gasteiger partial charge >= 0.3 is 6.09 Å². The van der Waals surface area contributed by atoms with E-state index in [2.05, 4.69) is 66.2 Å². The van der Waals surface area contributed by atoms with E-state index in [0.717, 1.165) is 55.8 Å². The van der Waals surface area contributed by atoms with Crippen LogP contribution in [0.1, 0.15) is 49.7 Å². The number of imidazole rings is 1. The average Bonchev–Trinajstić information content (AvgIpc) is 3.17. The van der Waals surface area contributed by atoms with E-state index >= 15 is 0 Å². The highest BCUT2D eigenvalue weighted by Gasteiger charge is 2.33. The summed E-state index contributed by atoms with van der Waals surface area (Å²) in [5.74, 6) is 1.64. The topological polar surface area (TPSA) is 59.4 Å². The largest absolute Gasteiger partial charge is 0.452 e. The lowest BCUT2D eigenvalue weighted by Gasteiger charge is -2.34. The van der Waals surface area contributed by atoms with Crippen LogP contribution >= 0.6 is 0 Å². The standard InChI is InChI=1S/C26H32N4O2/c1-17-16-27-14-13-21(17)30-23-12-11-22-20(10-9-18(2)29(22)26(31)32-3)25(23)28-24(30)15-19-7-5-4-6-8-19/h4-8,11-12,17-18,21,27H,9-10,13-16H2,1-3H3/t17-,18+,21+/m1/s1. The molecule has 1 fully saturated rings. The van der Waals surface area contributed by atoms with Crippen molar-refractivity contribution in [1.29, 1.82) is 0 Å². The van der Waals surface area contributed by atoms with Gasteiger partial charge in [0, 0.05) is 24.1 Å². The molecule has 0 bridgehead atoms. The highest BCUT2D eigenvalue weighted by atomic mass is 16.5. The molecule has 2 aromatic carbocycles. The molecule has 168 valence electrons. The van der Waals surface area contributed by atoms with E-state index in [1.54, 1.807) is 4.90 Å². The quantitative estimate of drug-likeness (QED) is 0.651. The van der Waals surface area contributed by atoms with Crippen LogP contribution in [0, 0.1) is 5.92 Å². The lowest BCUT2D eigenvalue weighted by atomic mass is 9.93. The van der Waals surface area contributed by atoms with E-state index < -0.39 is 0 Å². The van der Waals surface area contributed by atoms with Crippen molar-refractivity contribution in [2.45, 2.75) is 51.6 Å². The summed E-state index contributed by atoms with van der Waals surface area (Å²) in [4.78, 5) is 19.6. The molecule has 1 saturated heterocycles. The van der Waals surface area contributed by atoms with Gasteiger partial charge in [0.2, 0.25) is 0 Å². The molecular weight excluding hydrogens is 400 g/mol. The van der Waals surface area contributed by atoms with Crippen LogP contribution in [0.4, 0.5) is 10.5 Å². The molecule has 1 N–H and O–H groups in total. The summed E-state index contributed by atoms with van der Waals surface area (Å²) in [7, 11) is 1.45. The first-order chi connectivity index (χ1) is 15.6. The predicted octanol–water partition coefficient (Wildman–Crippen LogP) is 4.71. The number of aromatic nitrogens is 2.